The van der Waals surface area contributed by atoms with Crippen molar-refractivity contribution in [3.63, 3.8) is 0 Å². The molecule has 4 rings (SSSR count). The average molecular weight is 325 g/mol. The zero-order valence-corrected chi connectivity index (χ0v) is 13.8. The van der Waals surface area contributed by atoms with E-state index in [1.165, 1.54) is 18.4 Å². The minimum absolute atomic E-state index is 0.414. The highest BCUT2D eigenvalue weighted by Gasteiger charge is 2.28. The molecule has 23 heavy (non-hydrogen) atoms. The molecule has 0 bridgehead atoms. The van der Waals surface area contributed by atoms with Crippen LogP contribution in [0, 0.1) is 0 Å². The molecular formula is C18H19N3OS. The zero-order valence-electron chi connectivity index (χ0n) is 13.0. The van der Waals surface area contributed by atoms with Crippen LogP contribution in [-0.2, 0) is 0 Å². The molecule has 5 heteroatoms. The summed E-state index contributed by atoms with van der Waals surface area (Å²) in [6.07, 6.45) is 1.94. The number of thiophene rings is 1. The van der Waals surface area contributed by atoms with Crippen LogP contribution in [0.1, 0.15) is 31.5 Å². The number of hydrogen-bond donors (Lipinski definition) is 2. The van der Waals surface area contributed by atoms with Crippen LogP contribution in [0.2, 0.25) is 0 Å². The monoisotopic (exact) mass is 325 g/mol. The number of fused-ring (bicyclic) bond motifs is 1. The molecule has 3 aromatic rings. The molecule has 0 spiro atoms. The van der Waals surface area contributed by atoms with Gasteiger partial charge in [0.2, 0.25) is 0 Å². The lowest BCUT2D eigenvalue weighted by atomic mass is 10.1. The summed E-state index contributed by atoms with van der Waals surface area (Å²) >= 11 is 1.66. The summed E-state index contributed by atoms with van der Waals surface area (Å²) in [6.45, 7) is 2.26. The third-order valence-electron chi connectivity index (χ3n) is 4.04. The Bertz CT molecular complexity index is 825. The Balaban J connectivity index is 1.85. The first-order valence-corrected chi connectivity index (χ1v) is 8.87. The van der Waals surface area contributed by atoms with E-state index in [0.29, 0.717) is 12.5 Å². The number of aliphatic hydroxyl groups excluding tert-OH is 1. The molecule has 2 N–H and O–H groups in total. The quantitative estimate of drug-likeness (QED) is 0.743. The molecule has 2 aromatic heterocycles. The first-order chi connectivity index (χ1) is 11.2. The molecule has 0 aliphatic heterocycles. The van der Waals surface area contributed by atoms with Gasteiger partial charge in [-0.2, -0.15) is 0 Å². The fourth-order valence-electron chi connectivity index (χ4n) is 2.68. The van der Waals surface area contributed by atoms with Crippen LogP contribution < -0.4 is 5.32 Å². The second kappa shape index (κ2) is 5.91. The van der Waals surface area contributed by atoms with Crippen molar-refractivity contribution in [2.24, 2.45) is 0 Å². The van der Waals surface area contributed by atoms with Gasteiger partial charge >= 0.3 is 0 Å². The van der Waals surface area contributed by atoms with Crippen molar-refractivity contribution in [1.82, 2.24) is 9.97 Å². The van der Waals surface area contributed by atoms with Crippen molar-refractivity contribution in [2.75, 3.05) is 11.9 Å². The zero-order chi connectivity index (χ0) is 15.8. The third kappa shape index (κ3) is 2.94. The van der Waals surface area contributed by atoms with Gasteiger partial charge in [0, 0.05) is 23.4 Å². The summed E-state index contributed by atoms with van der Waals surface area (Å²) in [5.41, 5.74) is 2.32. The van der Waals surface area contributed by atoms with Gasteiger partial charge in [-0.15, -0.1) is 11.3 Å². The summed E-state index contributed by atoms with van der Waals surface area (Å²) in [6, 6.07) is 10.3. The van der Waals surface area contributed by atoms with E-state index in [1.807, 2.05) is 18.2 Å². The summed E-state index contributed by atoms with van der Waals surface area (Å²) in [5, 5.41) is 16.1. The second-order valence-electron chi connectivity index (χ2n) is 6.13. The van der Waals surface area contributed by atoms with Gasteiger partial charge in [-0.1, -0.05) is 30.3 Å². The summed E-state index contributed by atoms with van der Waals surface area (Å²) in [7, 11) is 0. The Hall–Kier alpha value is -1.98. The Morgan fingerprint density at radius 1 is 1.26 bits per heavy atom. The molecule has 1 fully saturated rings. The lowest BCUT2D eigenvalue weighted by Crippen LogP contribution is -2.16. The number of hydrogen-bond acceptors (Lipinski definition) is 5. The fraction of sp³-hybridized carbons (Fsp3) is 0.333. The van der Waals surface area contributed by atoms with E-state index < -0.39 is 6.10 Å². The Morgan fingerprint density at radius 2 is 2.04 bits per heavy atom. The van der Waals surface area contributed by atoms with Gasteiger partial charge < -0.3 is 10.4 Å². The van der Waals surface area contributed by atoms with Crippen LogP contribution in [0.4, 0.5) is 5.82 Å². The summed E-state index contributed by atoms with van der Waals surface area (Å²) < 4.78 is 0. The van der Waals surface area contributed by atoms with Crippen molar-refractivity contribution >= 4 is 27.4 Å². The standard InChI is InChI=1S/C18H19N3OS/c1-11(22)9-19-17-15-14(12-5-3-2-4-6-12)10-23-18(15)21-16(20-17)13-7-8-13/h2-6,10-11,13,22H,7-9H2,1H3,(H,19,20,21). The molecule has 0 amide bonds. The molecule has 1 atom stereocenters. The van der Waals surface area contributed by atoms with Crippen LogP contribution in [0.25, 0.3) is 21.3 Å². The van der Waals surface area contributed by atoms with Gasteiger partial charge in [-0.25, -0.2) is 9.97 Å². The number of rotatable bonds is 5. The maximum Gasteiger partial charge on any atom is 0.139 e. The van der Waals surface area contributed by atoms with Crippen molar-refractivity contribution < 1.29 is 5.11 Å². The molecule has 4 nitrogen and oxygen atoms in total. The number of aliphatic hydroxyl groups is 1. The first kappa shape index (κ1) is 14.6. The van der Waals surface area contributed by atoms with E-state index in [9.17, 15) is 5.11 Å². The highest BCUT2D eigenvalue weighted by atomic mass is 32.1. The van der Waals surface area contributed by atoms with Gasteiger partial charge in [0.05, 0.1) is 11.5 Å². The predicted octanol–water partition coefficient (Wildman–Crippen LogP) is 4.03. The minimum atomic E-state index is -0.414. The number of aromatic nitrogens is 2. The largest absolute Gasteiger partial charge is 0.392 e. The van der Waals surface area contributed by atoms with Crippen molar-refractivity contribution in [3.8, 4) is 11.1 Å². The fourth-order valence-corrected chi connectivity index (χ4v) is 3.64. The molecule has 1 aliphatic rings. The molecule has 0 saturated heterocycles. The molecule has 2 heterocycles. The van der Waals surface area contributed by atoms with Crippen LogP contribution >= 0.6 is 11.3 Å². The lowest BCUT2D eigenvalue weighted by Gasteiger charge is -2.11. The topological polar surface area (TPSA) is 58.0 Å². The van der Waals surface area contributed by atoms with Crippen molar-refractivity contribution in [1.29, 1.82) is 0 Å². The van der Waals surface area contributed by atoms with E-state index >= 15 is 0 Å². The minimum Gasteiger partial charge on any atom is -0.392 e. The number of anilines is 1. The van der Waals surface area contributed by atoms with Crippen molar-refractivity contribution in [2.45, 2.75) is 31.8 Å². The normalized spacial score (nSPS) is 15.7. The predicted molar refractivity (Wildman–Crippen MR) is 95.0 cm³/mol. The Kier molecular flexibility index (Phi) is 3.75. The molecular weight excluding hydrogens is 306 g/mol. The van der Waals surface area contributed by atoms with Crippen LogP contribution in [0.5, 0.6) is 0 Å². The SMILES string of the molecule is CC(O)CNc1nc(C2CC2)nc2scc(-c3ccccc3)c12. The molecule has 1 aliphatic carbocycles. The van der Waals surface area contributed by atoms with Crippen LogP contribution in [0.3, 0.4) is 0 Å². The number of nitrogens with one attached hydrogen (secondary N) is 1. The molecule has 0 radical (unpaired) electrons. The highest BCUT2D eigenvalue weighted by molar-refractivity contribution is 7.17. The van der Waals surface area contributed by atoms with Gasteiger partial charge in [-0.3, -0.25) is 0 Å². The van der Waals surface area contributed by atoms with Gasteiger partial charge in [0.1, 0.15) is 16.5 Å². The highest BCUT2D eigenvalue weighted by Crippen LogP contribution is 2.42. The van der Waals surface area contributed by atoms with E-state index in [0.717, 1.165) is 27.4 Å². The summed E-state index contributed by atoms with van der Waals surface area (Å²) in [4.78, 5) is 10.6. The van der Waals surface area contributed by atoms with Gasteiger partial charge in [0.25, 0.3) is 0 Å². The third-order valence-corrected chi connectivity index (χ3v) is 4.92. The van der Waals surface area contributed by atoms with E-state index in [4.69, 9.17) is 9.97 Å². The van der Waals surface area contributed by atoms with Gasteiger partial charge in [0.15, 0.2) is 0 Å². The van der Waals surface area contributed by atoms with Crippen molar-refractivity contribution in [3.05, 3.63) is 41.5 Å². The van der Waals surface area contributed by atoms with Crippen LogP contribution in [-0.4, -0.2) is 27.7 Å². The Morgan fingerprint density at radius 3 is 2.74 bits per heavy atom. The maximum absolute atomic E-state index is 9.61. The second-order valence-corrected chi connectivity index (χ2v) is 6.99. The first-order valence-electron chi connectivity index (χ1n) is 7.99. The Labute approximate surface area is 139 Å². The number of benzene rings is 1. The van der Waals surface area contributed by atoms with E-state index in [1.54, 1.807) is 18.3 Å². The summed E-state index contributed by atoms with van der Waals surface area (Å²) in [5.74, 6) is 2.29. The lowest BCUT2D eigenvalue weighted by molar-refractivity contribution is 0.208. The van der Waals surface area contributed by atoms with E-state index in [-0.39, 0.29) is 0 Å². The van der Waals surface area contributed by atoms with Crippen LogP contribution in [0.15, 0.2) is 35.7 Å². The molecule has 1 aromatic carbocycles. The molecule has 1 saturated carbocycles. The molecule has 118 valence electrons. The smallest absolute Gasteiger partial charge is 0.139 e. The van der Waals surface area contributed by atoms with Gasteiger partial charge in [-0.05, 0) is 25.3 Å². The average Bonchev–Trinajstić information content (AvgIpc) is 3.33. The molecule has 1 unspecified atom stereocenters. The number of nitrogens with zero attached hydrogens (tertiary/aromatic N) is 2. The maximum atomic E-state index is 9.61. The van der Waals surface area contributed by atoms with E-state index in [2.05, 4.69) is 22.8 Å².